The van der Waals surface area contributed by atoms with E-state index in [9.17, 15) is 14.4 Å². The number of hydrogen-bond donors (Lipinski definition) is 2. The minimum atomic E-state index is -0.674. The summed E-state index contributed by atoms with van der Waals surface area (Å²) in [4.78, 5) is 36.2. The van der Waals surface area contributed by atoms with Gasteiger partial charge in [0.05, 0.1) is 5.56 Å². The normalized spacial score (nSPS) is 10.3. The van der Waals surface area contributed by atoms with Crippen LogP contribution in [0.5, 0.6) is 0 Å². The minimum Gasteiger partial charge on any atom is -0.452 e. The molecule has 0 aliphatic heterocycles. The van der Waals surface area contributed by atoms with Gasteiger partial charge in [0.1, 0.15) is 10.8 Å². The highest BCUT2D eigenvalue weighted by atomic mass is 32.1. The number of carbonyl (C=O) groups excluding carboxylic acids is 3. The number of carbonyl (C=O) groups is 3. The molecule has 0 unspecified atom stereocenters. The summed E-state index contributed by atoms with van der Waals surface area (Å²) in [5.41, 5.74) is 0.971. The van der Waals surface area contributed by atoms with E-state index in [0.717, 1.165) is 4.88 Å². The van der Waals surface area contributed by atoms with Gasteiger partial charge in [0.15, 0.2) is 12.4 Å². The number of rotatable bonds is 5. The highest BCUT2D eigenvalue weighted by Crippen LogP contribution is 2.32. The lowest BCUT2D eigenvalue weighted by molar-refractivity contribution is -0.119. The lowest BCUT2D eigenvalue weighted by Gasteiger charge is -2.07. The number of nitrogens with zero attached hydrogens (tertiary/aromatic N) is 1. The van der Waals surface area contributed by atoms with E-state index in [0.29, 0.717) is 16.3 Å². The van der Waals surface area contributed by atoms with Crippen LogP contribution in [0.25, 0.3) is 0 Å². The van der Waals surface area contributed by atoms with Crippen LogP contribution < -0.4 is 10.6 Å². The molecule has 0 saturated heterocycles. The number of nitrogens with one attached hydrogen (secondary N) is 2. The van der Waals surface area contributed by atoms with Gasteiger partial charge in [-0.25, -0.2) is 4.79 Å². The lowest BCUT2D eigenvalue weighted by atomic mass is 10.1. The molecular formula is C15H17N3O5S. The minimum absolute atomic E-state index is 0.245. The Balaban J connectivity index is 2.02. The first-order chi connectivity index (χ1) is 11.3. The lowest BCUT2D eigenvalue weighted by Crippen LogP contribution is -2.21. The van der Waals surface area contributed by atoms with Gasteiger partial charge in [0.2, 0.25) is 5.91 Å². The van der Waals surface area contributed by atoms with Crippen LogP contribution in [0.1, 0.15) is 33.5 Å². The van der Waals surface area contributed by atoms with E-state index in [4.69, 9.17) is 9.26 Å². The van der Waals surface area contributed by atoms with Crippen LogP contribution in [0, 0.1) is 20.8 Å². The molecule has 24 heavy (non-hydrogen) atoms. The van der Waals surface area contributed by atoms with Crippen LogP contribution in [0.15, 0.2) is 10.6 Å². The fourth-order valence-corrected chi connectivity index (χ4v) is 3.02. The highest BCUT2D eigenvalue weighted by Gasteiger charge is 2.22. The third kappa shape index (κ3) is 4.19. The van der Waals surface area contributed by atoms with Gasteiger partial charge in [-0.15, -0.1) is 11.3 Å². The molecule has 0 fully saturated rings. The van der Waals surface area contributed by atoms with Crippen molar-refractivity contribution in [2.45, 2.75) is 27.7 Å². The average Bonchev–Trinajstić information content (AvgIpc) is 3.00. The van der Waals surface area contributed by atoms with Crippen molar-refractivity contribution in [3.05, 3.63) is 27.8 Å². The second-order valence-corrected chi connectivity index (χ2v) is 6.34. The molecule has 2 heterocycles. The smallest absolute Gasteiger partial charge is 0.341 e. The largest absolute Gasteiger partial charge is 0.452 e. The predicted molar refractivity (Wildman–Crippen MR) is 88.2 cm³/mol. The van der Waals surface area contributed by atoms with Gasteiger partial charge < -0.3 is 19.9 Å². The monoisotopic (exact) mass is 351 g/mol. The van der Waals surface area contributed by atoms with Gasteiger partial charge in [0, 0.05) is 17.9 Å². The molecule has 128 valence electrons. The molecule has 0 bridgehead atoms. The van der Waals surface area contributed by atoms with Crippen molar-refractivity contribution in [2.24, 2.45) is 0 Å². The summed E-state index contributed by atoms with van der Waals surface area (Å²) in [6.07, 6.45) is 0. The molecule has 0 aliphatic rings. The third-order valence-corrected chi connectivity index (χ3v) is 4.23. The Labute approximate surface area is 142 Å². The molecular weight excluding hydrogens is 334 g/mol. The standard InChI is InChI=1S/C15H17N3O5S/c1-7-5-11(18-23-7)17-12(20)6-22-15(21)13-8(2)9(3)24-14(13)16-10(4)19/h5H,6H2,1-4H3,(H,16,19)(H,17,18,20). The van der Waals surface area contributed by atoms with Crippen LogP contribution >= 0.6 is 11.3 Å². The van der Waals surface area contributed by atoms with Gasteiger partial charge in [-0.05, 0) is 26.3 Å². The molecule has 0 spiro atoms. The molecule has 8 nitrogen and oxygen atoms in total. The predicted octanol–water partition coefficient (Wildman–Crippen LogP) is 2.42. The van der Waals surface area contributed by atoms with Crippen LogP contribution in [-0.2, 0) is 14.3 Å². The van der Waals surface area contributed by atoms with E-state index in [1.165, 1.54) is 18.3 Å². The molecule has 0 radical (unpaired) electrons. The van der Waals surface area contributed by atoms with Gasteiger partial charge in [-0.2, -0.15) is 0 Å². The Morgan fingerprint density at radius 1 is 1.25 bits per heavy atom. The summed E-state index contributed by atoms with van der Waals surface area (Å²) in [5.74, 6) is -0.708. The third-order valence-electron chi connectivity index (χ3n) is 3.11. The molecule has 0 saturated carbocycles. The zero-order valence-corrected chi connectivity index (χ0v) is 14.5. The first-order valence-electron chi connectivity index (χ1n) is 7.05. The molecule has 9 heteroatoms. The van der Waals surface area contributed by atoms with Crippen molar-refractivity contribution >= 4 is 39.9 Å². The molecule has 2 rings (SSSR count). The summed E-state index contributed by atoms with van der Waals surface area (Å²) < 4.78 is 9.85. The number of amides is 2. The zero-order chi connectivity index (χ0) is 17.9. The average molecular weight is 351 g/mol. The zero-order valence-electron chi connectivity index (χ0n) is 13.7. The Hall–Kier alpha value is -2.68. The topological polar surface area (TPSA) is 111 Å². The first-order valence-corrected chi connectivity index (χ1v) is 7.87. The molecule has 2 aromatic rings. The van der Waals surface area contributed by atoms with E-state index in [1.54, 1.807) is 19.9 Å². The highest BCUT2D eigenvalue weighted by molar-refractivity contribution is 7.16. The van der Waals surface area contributed by atoms with Crippen molar-refractivity contribution in [3.63, 3.8) is 0 Å². The summed E-state index contributed by atoms with van der Waals surface area (Å²) in [6, 6.07) is 1.54. The van der Waals surface area contributed by atoms with Crippen LogP contribution in [-0.4, -0.2) is 29.5 Å². The fraction of sp³-hybridized carbons (Fsp3) is 0.333. The maximum atomic E-state index is 12.3. The van der Waals surface area contributed by atoms with E-state index in [1.807, 2.05) is 6.92 Å². The number of aromatic nitrogens is 1. The van der Waals surface area contributed by atoms with E-state index in [-0.39, 0.29) is 17.3 Å². The maximum absolute atomic E-state index is 12.3. The van der Waals surface area contributed by atoms with E-state index >= 15 is 0 Å². The van der Waals surface area contributed by atoms with Gasteiger partial charge in [-0.1, -0.05) is 5.16 Å². The number of hydrogen-bond acceptors (Lipinski definition) is 7. The number of ether oxygens (including phenoxy) is 1. The Kier molecular flexibility index (Phi) is 5.35. The first kappa shape index (κ1) is 17.7. The molecule has 2 aromatic heterocycles. The Bertz CT molecular complexity index is 793. The summed E-state index contributed by atoms with van der Waals surface area (Å²) in [5, 5.41) is 9.07. The van der Waals surface area contributed by atoms with Crippen LogP contribution in [0.4, 0.5) is 10.8 Å². The van der Waals surface area contributed by atoms with Gasteiger partial charge in [-0.3, -0.25) is 9.59 Å². The molecule has 0 aromatic carbocycles. The Morgan fingerprint density at radius 2 is 1.96 bits per heavy atom. The molecule has 0 aliphatic carbocycles. The quantitative estimate of drug-likeness (QED) is 0.800. The Morgan fingerprint density at radius 3 is 2.54 bits per heavy atom. The number of aryl methyl sites for hydroxylation is 2. The van der Waals surface area contributed by atoms with E-state index < -0.39 is 18.5 Å². The summed E-state index contributed by atoms with van der Waals surface area (Å²) in [7, 11) is 0. The van der Waals surface area contributed by atoms with Gasteiger partial charge in [0.25, 0.3) is 5.91 Å². The fourth-order valence-electron chi connectivity index (χ4n) is 1.93. The van der Waals surface area contributed by atoms with Crippen molar-refractivity contribution < 1.29 is 23.6 Å². The van der Waals surface area contributed by atoms with Crippen molar-refractivity contribution in [2.75, 3.05) is 17.2 Å². The van der Waals surface area contributed by atoms with Crippen molar-refractivity contribution in [1.29, 1.82) is 0 Å². The molecule has 2 amide bonds. The maximum Gasteiger partial charge on any atom is 0.341 e. The molecule has 2 N–H and O–H groups in total. The van der Waals surface area contributed by atoms with Crippen LogP contribution in [0.2, 0.25) is 0 Å². The second-order valence-electron chi connectivity index (χ2n) is 5.12. The van der Waals surface area contributed by atoms with Crippen molar-refractivity contribution in [1.82, 2.24) is 5.16 Å². The number of anilines is 2. The van der Waals surface area contributed by atoms with E-state index in [2.05, 4.69) is 15.8 Å². The second kappa shape index (κ2) is 7.26. The SMILES string of the molecule is CC(=O)Nc1sc(C)c(C)c1C(=O)OCC(=O)Nc1cc(C)on1. The van der Waals surface area contributed by atoms with Gasteiger partial charge >= 0.3 is 5.97 Å². The number of thiophene rings is 1. The summed E-state index contributed by atoms with van der Waals surface area (Å²) >= 11 is 1.28. The summed E-state index contributed by atoms with van der Waals surface area (Å²) in [6.45, 7) is 6.16. The van der Waals surface area contributed by atoms with Crippen molar-refractivity contribution in [3.8, 4) is 0 Å². The van der Waals surface area contributed by atoms with Crippen LogP contribution in [0.3, 0.4) is 0 Å². The molecule has 0 atom stereocenters. The number of esters is 1.